The summed E-state index contributed by atoms with van der Waals surface area (Å²) in [7, 11) is 0. The number of rotatable bonds is 5. The van der Waals surface area contributed by atoms with Crippen molar-refractivity contribution >= 4 is 16.7 Å². The molecule has 18 heavy (non-hydrogen) atoms. The molecule has 3 heteroatoms. The molecule has 1 aromatic carbocycles. The van der Waals surface area contributed by atoms with Gasteiger partial charge in [-0.3, -0.25) is 9.78 Å². The summed E-state index contributed by atoms with van der Waals surface area (Å²) in [6.45, 7) is 0.786. The molecule has 1 heterocycles. The predicted molar refractivity (Wildman–Crippen MR) is 71.7 cm³/mol. The van der Waals surface area contributed by atoms with E-state index in [1.165, 1.54) is 12.8 Å². The van der Waals surface area contributed by atoms with E-state index in [0.29, 0.717) is 12.5 Å². The summed E-state index contributed by atoms with van der Waals surface area (Å²) in [5, 5.41) is 4.39. The number of ketones is 1. The minimum atomic E-state index is 0.203. The number of hydrogen-bond acceptors (Lipinski definition) is 3. The zero-order chi connectivity index (χ0) is 12.4. The Labute approximate surface area is 106 Å². The molecule has 0 spiro atoms. The number of carbonyl (C=O) groups is 1. The summed E-state index contributed by atoms with van der Waals surface area (Å²) in [5.74, 6) is 0.203. The Morgan fingerprint density at radius 1 is 1.33 bits per heavy atom. The lowest BCUT2D eigenvalue weighted by molar-refractivity contribution is 0.0982. The second-order valence-electron chi connectivity index (χ2n) is 4.81. The predicted octanol–water partition coefficient (Wildman–Crippen LogP) is 2.56. The van der Waals surface area contributed by atoms with Crippen LogP contribution in [0.4, 0.5) is 0 Å². The van der Waals surface area contributed by atoms with Gasteiger partial charge in [-0.1, -0.05) is 6.07 Å². The number of benzene rings is 1. The molecule has 0 aliphatic heterocycles. The molecular formula is C15H16N2O. The van der Waals surface area contributed by atoms with Gasteiger partial charge in [0.15, 0.2) is 5.78 Å². The van der Waals surface area contributed by atoms with Crippen LogP contribution in [0.3, 0.4) is 0 Å². The topological polar surface area (TPSA) is 42.0 Å². The maximum atomic E-state index is 12.0. The van der Waals surface area contributed by atoms with E-state index in [-0.39, 0.29) is 5.78 Å². The van der Waals surface area contributed by atoms with Crippen LogP contribution in [-0.4, -0.2) is 23.4 Å². The van der Waals surface area contributed by atoms with Crippen LogP contribution in [0.2, 0.25) is 0 Å². The van der Waals surface area contributed by atoms with Gasteiger partial charge in [0, 0.05) is 36.2 Å². The highest BCUT2D eigenvalue weighted by Gasteiger charge is 2.20. The summed E-state index contributed by atoms with van der Waals surface area (Å²) < 4.78 is 0. The molecule has 0 unspecified atom stereocenters. The smallest absolute Gasteiger partial charge is 0.164 e. The maximum absolute atomic E-state index is 12.0. The van der Waals surface area contributed by atoms with Gasteiger partial charge < -0.3 is 5.32 Å². The van der Waals surface area contributed by atoms with Crippen molar-refractivity contribution in [2.45, 2.75) is 25.3 Å². The van der Waals surface area contributed by atoms with E-state index < -0.39 is 0 Å². The molecule has 1 saturated carbocycles. The number of pyridine rings is 1. The van der Waals surface area contributed by atoms with E-state index in [1.807, 2.05) is 30.3 Å². The van der Waals surface area contributed by atoms with Crippen molar-refractivity contribution in [3.8, 4) is 0 Å². The molecule has 1 fully saturated rings. The van der Waals surface area contributed by atoms with Crippen LogP contribution < -0.4 is 5.32 Å². The molecule has 0 amide bonds. The first-order chi connectivity index (χ1) is 8.83. The van der Waals surface area contributed by atoms with Crippen LogP contribution in [0, 0.1) is 0 Å². The zero-order valence-electron chi connectivity index (χ0n) is 10.2. The van der Waals surface area contributed by atoms with Crippen molar-refractivity contribution in [3.05, 3.63) is 42.1 Å². The molecule has 1 aliphatic carbocycles. The average molecular weight is 240 g/mol. The van der Waals surface area contributed by atoms with Crippen LogP contribution >= 0.6 is 0 Å². The fourth-order valence-electron chi connectivity index (χ4n) is 2.07. The van der Waals surface area contributed by atoms with E-state index in [2.05, 4.69) is 10.3 Å². The lowest BCUT2D eigenvalue weighted by Gasteiger charge is -2.04. The highest BCUT2D eigenvalue weighted by Crippen LogP contribution is 2.19. The van der Waals surface area contributed by atoms with Crippen molar-refractivity contribution in [2.24, 2.45) is 0 Å². The highest BCUT2D eigenvalue weighted by atomic mass is 16.1. The Bertz CT molecular complexity index is 575. The number of carbonyl (C=O) groups excluding carboxylic acids is 1. The largest absolute Gasteiger partial charge is 0.314 e. The number of hydrogen-bond donors (Lipinski definition) is 1. The van der Waals surface area contributed by atoms with Crippen LogP contribution in [-0.2, 0) is 0 Å². The Hall–Kier alpha value is -1.74. The SMILES string of the molecule is O=C(CCNC1CC1)c1ccc2ncccc2c1. The van der Waals surface area contributed by atoms with Gasteiger partial charge >= 0.3 is 0 Å². The summed E-state index contributed by atoms with van der Waals surface area (Å²) in [6, 6.07) is 10.3. The Morgan fingerprint density at radius 2 is 2.22 bits per heavy atom. The molecule has 0 radical (unpaired) electrons. The molecule has 92 valence electrons. The number of nitrogens with zero attached hydrogens (tertiary/aromatic N) is 1. The molecule has 1 aliphatic rings. The van der Waals surface area contributed by atoms with Gasteiger partial charge in [-0.05, 0) is 37.1 Å². The molecule has 1 aromatic heterocycles. The second kappa shape index (κ2) is 4.86. The Kier molecular flexibility index (Phi) is 3.07. The third-order valence-electron chi connectivity index (χ3n) is 3.29. The van der Waals surface area contributed by atoms with Gasteiger partial charge in [-0.2, -0.15) is 0 Å². The van der Waals surface area contributed by atoms with E-state index in [4.69, 9.17) is 0 Å². The van der Waals surface area contributed by atoms with Crippen molar-refractivity contribution in [2.75, 3.05) is 6.54 Å². The van der Waals surface area contributed by atoms with Crippen molar-refractivity contribution in [1.29, 1.82) is 0 Å². The van der Waals surface area contributed by atoms with Gasteiger partial charge in [-0.25, -0.2) is 0 Å². The van der Waals surface area contributed by atoms with Crippen LogP contribution in [0.1, 0.15) is 29.6 Å². The first-order valence-electron chi connectivity index (χ1n) is 6.44. The van der Waals surface area contributed by atoms with Gasteiger partial charge in [0.05, 0.1) is 5.52 Å². The van der Waals surface area contributed by atoms with E-state index in [1.54, 1.807) is 6.20 Å². The minimum Gasteiger partial charge on any atom is -0.314 e. The lowest BCUT2D eigenvalue weighted by Crippen LogP contribution is -2.20. The molecule has 2 aromatic rings. The zero-order valence-corrected chi connectivity index (χ0v) is 10.2. The molecule has 3 nitrogen and oxygen atoms in total. The quantitative estimate of drug-likeness (QED) is 0.817. The second-order valence-corrected chi connectivity index (χ2v) is 4.81. The summed E-state index contributed by atoms with van der Waals surface area (Å²) in [6.07, 6.45) is 4.86. The van der Waals surface area contributed by atoms with Gasteiger partial charge in [0.25, 0.3) is 0 Å². The van der Waals surface area contributed by atoms with Crippen LogP contribution in [0.25, 0.3) is 10.9 Å². The summed E-state index contributed by atoms with van der Waals surface area (Å²) in [5.41, 5.74) is 1.72. The molecule has 0 saturated heterocycles. The third-order valence-corrected chi connectivity index (χ3v) is 3.29. The summed E-state index contributed by atoms with van der Waals surface area (Å²) >= 11 is 0. The molecule has 0 atom stereocenters. The number of Topliss-reactive ketones (excluding diaryl/α,β-unsaturated/α-hetero) is 1. The average Bonchev–Trinajstić information content (AvgIpc) is 3.22. The molecule has 1 N–H and O–H groups in total. The van der Waals surface area contributed by atoms with Gasteiger partial charge in [-0.15, -0.1) is 0 Å². The number of nitrogens with one attached hydrogen (secondary N) is 1. The van der Waals surface area contributed by atoms with Crippen molar-refractivity contribution < 1.29 is 4.79 Å². The van der Waals surface area contributed by atoms with Gasteiger partial charge in [0.2, 0.25) is 0 Å². The molecule has 3 rings (SSSR count). The monoisotopic (exact) mass is 240 g/mol. The number of fused-ring (bicyclic) bond motifs is 1. The number of aromatic nitrogens is 1. The normalized spacial score (nSPS) is 14.9. The van der Waals surface area contributed by atoms with Gasteiger partial charge in [0.1, 0.15) is 0 Å². The maximum Gasteiger partial charge on any atom is 0.164 e. The van der Waals surface area contributed by atoms with Crippen molar-refractivity contribution in [1.82, 2.24) is 10.3 Å². The Balaban J connectivity index is 1.69. The molecular weight excluding hydrogens is 224 g/mol. The lowest BCUT2D eigenvalue weighted by atomic mass is 10.1. The van der Waals surface area contributed by atoms with E-state index in [0.717, 1.165) is 23.0 Å². The van der Waals surface area contributed by atoms with Crippen molar-refractivity contribution in [3.63, 3.8) is 0 Å². The van der Waals surface area contributed by atoms with Crippen LogP contribution in [0.15, 0.2) is 36.5 Å². The minimum absolute atomic E-state index is 0.203. The fraction of sp³-hybridized carbons (Fsp3) is 0.333. The fourth-order valence-corrected chi connectivity index (χ4v) is 2.07. The first-order valence-corrected chi connectivity index (χ1v) is 6.44. The standard InChI is InChI=1S/C15H16N2O/c18-15(7-9-16-13-4-5-13)12-3-6-14-11(10-12)2-1-8-17-14/h1-3,6,8,10,13,16H,4-5,7,9H2. The Morgan fingerprint density at radius 3 is 3.06 bits per heavy atom. The summed E-state index contributed by atoms with van der Waals surface area (Å²) in [4.78, 5) is 16.3. The highest BCUT2D eigenvalue weighted by molar-refractivity contribution is 5.99. The van der Waals surface area contributed by atoms with Crippen LogP contribution in [0.5, 0.6) is 0 Å². The van der Waals surface area contributed by atoms with E-state index >= 15 is 0 Å². The van der Waals surface area contributed by atoms with E-state index in [9.17, 15) is 4.79 Å². The molecule has 0 bridgehead atoms. The third kappa shape index (κ3) is 2.57. The first kappa shape index (κ1) is 11.4.